The molecule has 2 heteroatoms. The summed E-state index contributed by atoms with van der Waals surface area (Å²) < 4.78 is 0. The minimum Gasteiger partial charge on any atom is -0.293 e. The SMILES string of the molecule is CCCCCC1(CCCCC)C(=O)C(C)=C(C)C1=O. The van der Waals surface area contributed by atoms with E-state index in [4.69, 9.17) is 0 Å². The first kappa shape index (κ1) is 16.1. The van der Waals surface area contributed by atoms with Gasteiger partial charge in [0.15, 0.2) is 11.6 Å². The largest absolute Gasteiger partial charge is 0.293 e. The Kier molecular flexibility index (Phi) is 5.96. The Balaban J connectivity index is 2.87. The fourth-order valence-electron chi connectivity index (χ4n) is 3.09. The van der Waals surface area contributed by atoms with Crippen LogP contribution in [0.5, 0.6) is 0 Å². The molecule has 0 spiro atoms. The highest BCUT2D eigenvalue weighted by molar-refractivity contribution is 6.27. The van der Waals surface area contributed by atoms with Crippen molar-refractivity contribution >= 4 is 11.6 Å². The fraction of sp³-hybridized carbons (Fsp3) is 0.765. The van der Waals surface area contributed by atoms with E-state index in [-0.39, 0.29) is 11.6 Å². The predicted octanol–water partition coefficient (Wildman–Crippen LogP) is 4.62. The van der Waals surface area contributed by atoms with Crippen LogP contribution in [0.3, 0.4) is 0 Å². The summed E-state index contributed by atoms with van der Waals surface area (Å²) in [6.45, 7) is 7.93. The molecule has 0 aromatic carbocycles. The average molecular weight is 264 g/mol. The Morgan fingerprint density at radius 1 is 0.737 bits per heavy atom. The highest BCUT2D eigenvalue weighted by Crippen LogP contribution is 2.43. The molecule has 1 aliphatic carbocycles. The normalized spacial score (nSPS) is 18.5. The number of ketones is 2. The van der Waals surface area contributed by atoms with Gasteiger partial charge < -0.3 is 0 Å². The first-order valence-corrected chi connectivity index (χ1v) is 7.78. The zero-order valence-electron chi connectivity index (χ0n) is 13.0. The second kappa shape index (κ2) is 7.02. The summed E-state index contributed by atoms with van der Waals surface area (Å²) in [6.07, 6.45) is 7.93. The van der Waals surface area contributed by atoms with E-state index in [0.717, 1.165) is 51.4 Å². The van der Waals surface area contributed by atoms with Crippen LogP contribution < -0.4 is 0 Å². The third-order valence-electron chi connectivity index (χ3n) is 4.53. The highest BCUT2D eigenvalue weighted by atomic mass is 16.2. The molecule has 0 saturated heterocycles. The van der Waals surface area contributed by atoms with Gasteiger partial charge in [0.2, 0.25) is 0 Å². The molecule has 1 rings (SSSR count). The zero-order valence-corrected chi connectivity index (χ0v) is 13.0. The van der Waals surface area contributed by atoms with Gasteiger partial charge in [-0.15, -0.1) is 0 Å². The van der Waals surface area contributed by atoms with Crippen LogP contribution in [0.4, 0.5) is 0 Å². The Hall–Kier alpha value is -0.920. The molecule has 1 aliphatic rings. The molecule has 0 fully saturated rings. The van der Waals surface area contributed by atoms with E-state index in [0.29, 0.717) is 11.1 Å². The minimum absolute atomic E-state index is 0.113. The molecule has 0 radical (unpaired) electrons. The highest BCUT2D eigenvalue weighted by Gasteiger charge is 2.50. The lowest BCUT2D eigenvalue weighted by Gasteiger charge is -2.26. The number of unbranched alkanes of at least 4 members (excludes halogenated alkanes) is 4. The summed E-state index contributed by atoms with van der Waals surface area (Å²) in [6, 6.07) is 0. The third-order valence-corrected chi connectivity index (χ3v) is 4.53. The van der Waals surface area contributed by atoms with Gasteiger partial charge in [0, 0.05) is 0 Å². The molecule has 108 valence electrons. The van der Waals surface area contributed by atoms with Crippen LogP contribution in [0.1, 0.15) is 79.1 Å². The number of hydrogen-bond acceptors (Lipinski definition) is 2. The van der Waals surface area contributed by atoms with Gasteiger partial charge in [-0.1, -0.05) is 52.4 Å². The standard InChI is InChI=1S/C17H28O2/c1-5-7-9-11-17(12-10-8-6-2)15(18)13(3)14(4)16(17)19/h5-12H2,1-4H3. The summed E-state index contributed by atoms with van der Waals surface area (Å²) in [7, 11) is 0. The molecule has 0 heterocycles. The van der Waals surface area contributed by atoms with Crippen LogP contribution in [0.25, 0.3) is 0 Å². The quantitative estimate of drug-likeness (QED) is 0.473. The molecular weight excluding hydrogens is 236 g/mol. The summed E-state index contributed by atoms with van der Waals surface area (Å²) in [5, 5.41) is 0. The first-order chi connectivity index (χ1) is 9.01. The van der Waals surface area contributed by atoms with E-state index >= 15 is 0 Å². The second-order valence-corrected chi connectivity index (χ2v) is 5.90. The summed E-state index contributed by atoms with van der Waals surface area (Å²) in [5.74, 6) is 0.226. The first-order valence-electron chi connectivity index (χ1n) is 7.78. The number of Topliss-reactive ketones (excluding diaryl/α,β-unsaturated/α-hetero) is 2. The van der Waals surface area contributed by atoms with Gasteiger partial charge in [-0.3, -0.25) is 9.59 Å². The van der Waals surface area contributed by atoms with Gasteiger partial charge in [0.25, 0.3) is 0 Å². The van der Waals surface area contributed by atoms with Crippen LogP contribution in [0.15, 0.2) is 11.1 Å². The van der Waals surface area contributed by atoms with Crippen LogP contribution in [-0.2, 0) is 9.59 Å². The van der Waals surface area contributed by atoms with Crippen molar-refractivity contribution in [3.05, 3.63) is 11.1 Å². The van der Waals surface area contributed by atoms with Crippen molar-refractivity contribution < 1.29 is 9.59 Å². The Bertz CT molecular complexity index is 341. The van der Waals surface area contributed by atoms with Crippen LogP contribution in [-0.4, -0.2) is 11.6 Å². The molecule has 0 aromatic heterocycles. The monoisotopic (exact) mass is 264 g/mol. The van der Waals surface area contributed by atoms with E-state index in [9.17, 15) is 9.59 Å². The molecule has 0 aromatic rings. The van der Waals surface area contributed by atoms with E-state index in [1.165, 1.54) is 0 Å². The molecule has 0 saturated carbocycles. The van der Waals surface area contributed by atoms with Crippen LogP contribution in [0, 0.1) is 5.41 Å². The van der Waals surface area contributed by atoms with E-state index < -0.39 is 5.41 Å². The second-order valence-electron chi connectivity index (χ2n) is 5.90. The Labute approximate surface area is 117 Å². The number of carbonyl (C=O) groups is 2. The van der Waals surface area contributed by atoms with Crippen molar-refractivity contribution in [1.29, 1.82) is 0 Å². The van der Waals surface area contributed by atoms with Gasteiger partial charge in [-0.05, 0) is 37.8 Å². The smallest absolute Gasteiger partial charge is 0.172 e. The van der Waals surface area contributed by atoms with Crippen molar-refractivity contribution in [1.82, 2.24) is 0 Å². The molecule has 0 aliphatic heterocycles. The van der Waals surface area contributed by atoms with E-state index in [1.54, 1.807) is 0 Å². The van der Waals surface area contributed by atoms with Gasteiger partial charge >= 0.3 is 0 Å². The number of rotatable bonds is 8. The number of hydrogen-bond donors (Lipinski definition) is 0. The Morgan fingerprint density at radius 3 is 1.42 bits per heavy atom. The lowest BCUT2D eigenvalue weighted by atomic mass is 9.73. The predicted molar refractivity (Wildman–Crippen MR) is 79.1 cm³/mol. The topological polar surface area (TPSA) is 34.1 Å². The maximum atomic E-state index is 12.6. The molecule has 0 bridgehead atoms. The van der Waals surface area contributed by atoms with Crippen molar-refractivity contribution in [2.75, 3.05) is 0 Å². The molecule has 0 N–H and O–H groups in total. The van der Waals surface area contributed by atoms with Gasteiger partial charge in [-0.25, -0.2) is 0 Å². The maximum Gasteiger partial charge on any atom is 0.172 e. The minimum atomic E-state index is -0.696. The van der Waals surface area contributed by atoms with Crippen molar-refractivity contribution in [2.45, 2.75) is 79.1 Å². The zero-order chi connectivity index (χ0) is 14.5. The van der Waals surface area contributed by atoms with Crippen molar-refractivity contribution in [2.24, 2.45) is 5.41 Å². The summed E-state index contributed by atoms with van der Waals surface area (Å²) in [5.41, 5.74) is 0.717. The van der Waals surface area contributed by atoms with Crippen LogP contribution in [0.2, 0.25) is 0 Å². The number of allylic oxidation sites excluding steroid dienone is 2. The molecule has 0 unspecified atom stereocenters. The maximum absolute atomic E-state index is 12.6. The van der Waals surface area contributed by atoms with Crippen LogP contribution >= 0.6 is 0 Å². The molecule has 0 amide bonds. The summed E-state index contributed by atoms with van der Waals surface area (Å²) in [4.78, 5) is 25.1. The van der Waals surface area contributed by atoms with E-state index in [2.05, 4.69) is 13.8 Å². The summed E-state index contributed by atoms with van der Waals surface area (Å²) >= 11 is 0. The number of carbonyl (C=O) groups excluding carboxylic acids is 2. The van der Waals surface area contributed by atoms with Gasteiger partial charge in [0.1, 0.15) is 0 Å². The average Bonchev–Trinajstić information content (AvgIpc) is 2.56. The van der Waals surface area contributed by atoms with Crippen molar-refractivity contribution in [3.63, 3.8) is 0 Å². The van der Waals surface area contributed by atoms with Crippen molar-refractivity contribution in [3.8, 4) is 0 Å². The molecule has 2 nitrogen and oxygen atoms in total. The van der Waals surface area contributed by atoms with E-state index in [1.807, 2.05) is 13.8 Å². The molecule has 19 heavy (non-hydrogen) atoms. The fourth-order valence-corrected chi connectivity index (χ4v) is 3.09. The van der Waals surface area contributed by atoms with Gasteiger partial charge in [0.05, 0.1) is 5.41 Å². The third kappa shape index (κ3) is 3.16. The Morgan fingerprint density at radius 2 is 1.11 bits per heavy atom. The van der Waals surface area contributed by atoms with Gasteiger partial charge in [-0.2, -0.15) is 0 Å². The lowest BCUT2D eigenvalue weighted by Crippen LogP contribution is -2.35. The lowest BCUT2D eigenvalue weighted by molar-refractivity contribution is -0.135. The molecular formula is C17H28O2. The molecule has 0 atom stereocenters.